The molecule has 0 aliphatic carbocycles. The number of pyridine rings is 1. The Hall–Kier alpha value is -3.91. The van der Waals surface area contributed by atoms with Crippen LogP contribution in [0.5, 0.6) is 0 Å². The molecule has 1 saturated heterocycles. The van der Waals surface area contributed by atoms with Crippen LogP contribution in [0.25, 0.3) is 22.3 Å². The Kier molecular flexibility index (Phi) is 6.14. The first-order valence-corrected chi connectivity index (χ1v) is 11.1. The normalized spacial score (nSPS) is 15.3. The molecule has 8 heteroatoms. The van der Waals surface area contributed by atoms with Crippen LogP contribution in [0.1, 0.15) is 11.6 Å². The third kappa shape index (κ3) is 4.32. The first-order valence-electron chi connectivity index (χ1n) is 11.1. The summed E-state index contributed by atoms with van der Waals surface area (Å²) in [6, 6.07) is 17.2. The molecule has 0 spiro atoms. The van der Waals surface area contributed by atoms with E-state index in [-0.39, 0.29) is 11.8 Å². The largest absolute Gasteiger partial charge is 0.468 e. The Bertz CT molecular complexity index is 1290. The molecule has 1 unspecified atom stereocenters. The molecular formula is C26H24FN5O2. The van der Waals surface area contributed by atoms with Gasteiger partial charge in [-0.05, 0) is 42.0 Å². The molecule has 4 aromatic rings. The number of hydrogen-bond acceptors (Lipinski definition) is 7. The summed E-state index contributed by atoms with van der Waals surface area (Å²) in [7, 11) is 1.38. The number of rotatable bonds is 5. The van der Waals surface area contributed by atoms with Gasteiger partial charge in [0.2, 0.25) is 0 Å². The van der Waals surface area contributed by atoms with Crippen molar-refractivity contribution in [1.82, 2.24) is 19.9 Å². The number of anilines is 1. The summed E-state index contributed by atoms with van der Waals surface area (Å²) in [6.45, 7) is 2.58. The fraction of sp³-hybridized carbons (Fsp3) is 0.231. The van der Waals surface area contributed by atoms with Crippen LogP contribution < -0.4 is 4.90 Å². The molecule has 2 aromatic heterocycles. The van der Waals surface area contributed by atoms with Crippen molar-refractivity contribution in [2.45, 2.75) is 6.04 Å². The zero-order valence-corrected chi connectivity index (χ0v) is 18.8. The number of nitrogens with zero attached hydrogens (tertiary/aromatic N) is 5. The predicted molar refractivity (Wildman–Crippen MR) is 128 cm³/mol. The molecule has 1 atom stereocenters. The average Bonchev–Trinajstić information content (AvgIpc) is 2.90. The monoisotopic (exact) mass is 457 g/mol. The maximum Gasteiger partial charge on any atom is 0.327 e. The minimum atomic E-state index is -0.583. The van der Waals surface area contributed by atoms with Gasteiger partial charge in [0.25, 0.3) is 0 Å². The zero-order valence-electron chi connectivity index (χ0n) is 18.8. The molecule has 0 saturated carbocycles. The van der Waals surface area contributed by atoms with Crippen LogP contribution in [-0.4, -0.2) is 59.1 Å². The van der Waals surface area contributed by atoms with Crippen molar-refractivity contribution in [3.63, 3.8) is 0 Å². The number of carbonyl (C=O) groups is 1. The number of ether oxygens (including phenoxy) is 1. The number of esters is 1. The molecule has 1 fully saturated rings. The van der Waals surface area contributed by atoms with Crippen molar-refractivity contribution >= 4 is 22.7 Å². The zero-order chi connectivity index (χ0) is 23.5. The van der Waals surface area contributed by atoms with E-state index in [9.17, 15) is 9.18 Å². The van der Waals surface area contributed by atoms with Crippen molar-refractivity contribution in [2.24, 2.45) is 0 Å². The summed E-state index contributed by atoms with van der Waals surface area (Å²) in [5, 5.41) is 0.978. The Balaban J connectivity index is 1.43. The van der Waals surface area contributed by atoms with Crippen LogP contribution in [0.15, 0.2) is 73.1 Å². The van der Waals surface area contributed by atoms with Crippen LogP contribution in [0, 0.1) is 5.82 Å². The van der Waals surface area contributed by atoms with Gasteiger partial charge < -0.3 is 9.64 Å². The Morgan fingerprint density at radius 1 is 0.971 bits per heavy atom. The summed E-state index contributed by atoms with van der Waals surface area (Å²) >= 11 is 0. The molecule has 5 rings (SSSR count). The van der Waals surface area contributed by atoms with Crippen molar-refractivity contribution < 1.29 is 13.9 Å². The molecule has 0 amide bonds. The van der Waals surface area contributed by atoms with Crippen LogP contribution in [0.2, 0.25) is 0 Å². The van der Waals surface area contributed by atoms with Gasteiger partial charge in [-0.3, -0.25) is 9.88 Å². The second kappa shape index (κ2) is 9.52. The number of fused-ring (bicyclic) bond motifs is 1. The van der Waals surface area contributed by atoms with E-state index in [1.54, 1.807) is 24.5 Å². The number of hydrogen-bond donors (Lipinski definition) is 0. The van der Waals surface area contributed by atoms with Crippen molar-refractivity contribution in [3.8, 4) is 11.4 Å². The van der Waals surface area contributed by atoms with Crippen molar-refractivity contribution in [3.05, 3.63) is 84.4 Å². The van der Waals surface area contributed by atoms with E-state index < -0.39 is 6.04 Å². The highest BCUT2D eigenvalue weighted by Gasteiger charge is 2.32. The third-order valence-electron chi connectivity index (χ3n) is 6.09. The number of para-hydroxylation sites is 1. The smallest absolute Gasteiger partial charge is 0.327 e. The van der Waals surface area contributed by atoms with Crippen LogP contribution in [-0.2, 0) is 9.53 Å². The van der Waals surface area contributed by atoms with Gasteiger partial charge in [0.1, 0.15) is 17.7 Å². The van der Waals surface area contributed by atoms with Crippen molar-refractivity contribution in [2.75, 3.05) is 38.2 Å². The lowest BCUT2D eigenvalue weighted by molar-refractivity contribution is -0.147. The Morgan fingerprint density at radius 3 is 2.44 bits per heavy atom. The van der Waals surface area contributed by atoms with Gasteiger partial charge in [0.15, 0.2) is 5.82 Å². The summed E-state index contributed by atoms with van der Waals surface area (Å²) in [4.78, 5) is 30.8. The van der Waals surface area contributed by atoms with E-state index in [1.807, 2.05) is 36.4 Å². The standard InChI is InChI=1S/C26H24FN5O2/c1-34-26(33)23(18-8-10-20(27)11-9-18)31-13-15-32(16-14-31)25-21-6-2-3-7-22(21)29-24(30-25)19-5-4-12-28-17-19/h2-12,17,23H,13-16H2,1H3. The SMILES string of the molecule is COC(=O)C(c1ccc(F)cc1)N1CCN(c2nc(-c3cccnc3)nc3ccccc23)CC1. The van der Waals surface area contributed by atoms with E-state index in [0.717, 1.165) is 22.3 Å². The molecule has 1 aliphatic heterocycles. The van der Waals surface area contributed by atoms with E-state index in [1.165, 1.54) is 19.2 Å². The summed E-state index contributed by atoms with van der Waals surface area (Å²) in [5.74, 6) is 0.798. The maximum atomic E-state index is 13.4. The molecule has 3 heterocycles. The lowest BCUT2D eigenvalue weighted by Gasteiger charge is -2.39. The number of halogens is 1. The fourth-order valence-electron chi connectivity index (χ4n) is 4.37. The predicted octanol–water partition coefficient (Wildman–Crippen LogP) is 3.87. The molecule has 0 bridgehead atoms. The number of benzene rings is 2. The lowest BCUT2D eigenvalue weighted by Crippen LogP contribution is -2.49. The Morgan fingerprint density at radius 2 is 1.74 bits per heavy atom. The second-order valence-corrected chi connectivity index (χ2v) is 8.13. The van der Waals surface area contributed by atoms with Gasteiger partial charge in [-0.2, -0.15) is 0 Å². The molecule has 0 radical (unpaired) electrons. The minimum Gasteiger partial charge on any atom is -0.468 e. The quantitative estimate of drug-likeness (QED) is 0.422. The number of aromatic nitrogens is 3. The third-order valence-corrected chi connectivity index (χ3v) is 6.09. The van der Waals surface area contributed by atoms with Crippen LogP contribution in [0.3, 0.4) is 0 Å². The van der Waals surface area contributed by atoms with Gasteiger partial charge in [-0.15, -0.1) is 0 Å². The summed E-state index contributed by atoms with van der Waals surface area (Å²) in [5.41, 5.74) is 2.44. The first kappa shape index (κ1) is 21.9. The molecule has 2 aromatic carbocycles. The number of methoxy groups -OCH3 is 1. The highest BCUT2D eigenvalue weighted by Crippen LogP contribution is 2.30. The van der Waals surface area contributed by atoms with E-state index in [4.69, 9.17) is 14.7 Å². The van der Waals surface area contributed by atoms with E-state index in [2.05, 4.69) is 14.8 Å². The highest BCUT2D eigenvalue weighted by atomic mass is 19.1. The lowest BCUT2D eigenvalue weighted by atomic mass is 10.0. The van der Waals surface area contributed by atoms with Crippen LogP contribution in [0.4, 0.5) is 10.2 Å². The second-order valence-electron chi connectivity index (χ2n) is 8.13. The van der Waals surface area contributed by atoms with E-state index in [0.29, 0.717) is 37.6 Å². The van der Waals surface area contributed by atoms with Gasteiger partial charge in [0.05, 0.1) is 12.6 Å². The molecule has 34 heavy (non-hydrogen) atoms. The minimum absolute atomic E-state index is 0.336. The first-order chi connectivity index (χ1) is 16.6. The average molecular weight is 458 g/mol. The van der Waals surface area contributed by atoms with Gasteiger partial charge in [-0.25, -0.2) is 19.2 Å². The Labute approximate surface area is 196 Å². The molecule has 0 N–H and O–H groups in total. The summed E-state index contributed by atoms with van der Waals surface area (Å²) in [6.07, 6.45) is 3.49. The fourth-order valence-corrected chi connectivity index (χ4v) is 4.37. The van der Waals surface area contributed by atoms with Gasteiger partial charge in [0, 0.05) is 49.5 Å². The van der Waals surface area contributed by atoms with Gasteiger partial charge in [-0.1, -0.05) is 24.3 Å². The topological polar surface area (TPSA) is 71.5 Å². The van der Waals surface area contributed by atoms with Crippen LogP contribution >= 0.6 is 0 Å². The van der Waals surface area contributed by atoms with Gasteiger partial charge >= 0.3 is 5.97 Å². The van der Waals surface area contributed by atoms with Crippen molar-refractivity contribution in [1.29, 1.82) is 0 Å². The molecule has 7 nitrogen and oxygen atoms in total. The summed E-state index contributed by atoms with van der Waals surface area (Å²) < 4.78 is 18.5. The maximum absolute atomic E-state index is 13.4. The van der Waals surface area contributed by atoms with E-state index >= 15 is 0 Å². The molecular weight excluding hydrogens is 433 g/mol. The number of carbonyl (C=O) groups excluding carboxylic acids is 1. The molecule has 172 valence electrons. The molecule has 1 aliphatic rings. The highest BCUT2D eigenvalue weighted by molar-refractivity contribution is 5.91. The number of piperazine rings is 1.